The fourth-order valence-corrected chi connectivity index (χ4v) is 9.06. The van der Waals surface area contributed by atoms with Crippen LogP contribution in [0.2, 0.25) is 0 Å². The van der Waals surface area contributed by atoms with E-state index < -0.39 is 17.6 Å². The number of rotatable bonds is 11. The molecule has 0 radical (unpaired) electrons. The highest BCUT2D eigenvalue weighted by Crippen LogP contribution is 2.37. The largest absolute Gasteiger partial charge is 0.494 e. The Kier molecular flexibility index (Phi) is 9.52. The Hall–Kier alpha value is -9.19. The van der Waals surface area contributed by atoms with Crippen LogP contribution in [0.5, 0.6) is 5.75 Å². The first-order valence-corrected chi connectivity index (χ1v) is 21.4. The molecule has 11 aromatic heterocycles. The maximum Gasteiger partial charge on any atom is 0.214 e. The first kappa shape index (κ1) is 40.3. The highest BCUT2D eigenvalue weighted by molar-refractivity contribution is 6.11. The molecule has 68 heavy (non-hydrogen) atoms. The minimum Gasteiger partial charge on any atom is -0.494 e. The molecule has 332 valence electrons. The second kappa shape index (κ2) is 16.1. The van der Waals surface area contributed by atoms with Gasteiger partial charge in [-0.05, 0) is 78.9 Å². The molecule has 12 aromatic rings. The van der Waals surface area contributed by atoms with Crippen LogP contribution in [-0.4, -0.2) is 60.7 Å². The smallest absolute Gasteiger partial charge is 0.214 e. The van der Waals surface area contributed by atoms with Gasteiger partial charge in [0.15, 0.2) is 11.6 Å². The summed E-state index contributed by atoms with van der Waals surface area (Å²) in [5, 5.41) is 14.9. The molecule has 15 nitrogen and oxygen atoms in total. The number of ether oxygens (including phenoxy) is 1. The zero-order valence-electron chi connectivity index (χ0n) is 36.1. The minimum atomic E-state index is -0.605. The van der Waals surface area contributed by atoms with Gasteiger partial charge in [-0.15, -0.1) is 0 Å². The number of hydrogen-bond donors (Lipinski definition) is 3. The molecule has 0 bridgehead atoms. The Morgan fingerprint density at radius 1 is 0.529 bits per heavy atom. The van der Waals surface area contributed by atoms with Crippen LogP contribution in [-0.2, 0) is 20.1 Å². The third-order valence-corrected chi connectivity index (χ3v) is 12.0. The number of benzene rings is 1. The molecule has 0 aliphatic carbocycles. The van der Waals surface area contributed by atoms with Crippen LogP contribution in [0, 0.1) is 17.6 Å². The van der Waals surface area contributed by atoms with Gasteiger partial charge in [-0.3, -0.25) is 19.9 Å². The number of nitrogens with zero attached hydrogens (tertiary/aromatic N) is 11. The van der Waals surface area contributed by atoms with Crippen LogP contribution >= 0.6 is 0 Å². The monoisotopic (exact) mass is 904 g/mol. The summed E-state index contributed by atoms with van der Waals surface area (Å²) in [6.45, 7) is 0.612. The third kappa shape index (κ3) is 6.93. The quantitative estimate of drug-likeness (QED) is 0.105. The lowest BCUT2D eigenvalue weighted by molar-refractivity contribution is 0.386. The van der Waals surface area contributed by atoms with Crippen molar-refractivity contribution in [2.45, 2.75) is 13.1 Å². The zero-order valence-corrected chi connectivity index (χ0v) is 36.1. The molecule has 12 rings (SSSR count). The Balaban J connectivity index is 0.996. The van der Waals surface area contributed by atoms with Gasteiger partial charge in [0.2, 0.25) is 5.95 Å². The fraction of sp³-hybridized carbons (Fsp3) is 0.0800. The van der Waals surface area contributed by atoms with Crippen LogP contribution in [0.3, 0.4) is 0 Å². The van der Waals surface area contributed by atoms with E-state index in [4.69, 9.17) is 29.7 Å². The van der Waals surface area contributed by atoms with Crippen LogP contribution < -0.4 is 20.7 Å². The van der Waals surface area contributed by atoms with Crippen molar-refractivity contribution in [3.8, 4) is 5.75 Å². The van der Waals surface area contributed by atoms with E-state index in [1.165, 1.54) is 31.5 Å². The first-order valence-electron chi connectivity index (χ1n) is 21.4. The van der Waals surface area contributed by atoms with Crippen molar-refractivity contribution in [3.63, 3.8) is 0 Å². The lowest BCUT2D eigenvalue weighted by Crippen LogP contribution is -2.06. The third-order valence-electron chi connectivity index (χ3n) is 12.0. The van der Waals surface area contributed by atoms with Gasteiger partial charge in [0.25, 0.3) is 0 Å². The predicted molar refractivity (Wildman–Crippen MR) is 255 cm³/mol. The van der Waals surface area contributed by atoms with Crippen LogP contribution in [0.25, 0.3) is 65.8 Å². The summed E-state index contributed by atoms with van der Waals surface area (Å²) in [7, 11) is 3.38. The second-order valence-corrected chi connectivity index (χ2v) is 16.1. The van der Waals surface area contributed by atoms with E-state index in [9.17, 15) is 13.2 Å². The number of aryl methyl sites for hydroxylation is 1. The summed E-state index contributed by atoms with van der Waals surface area (Å²) < 4.78 is 54.3. The summed E-state index contributed by atoms with van der Waals surface area (Å²) in [5.41, 5.74) is 7.17. The van der Waals surface area contributed by atoms with Gasteiger partial charge in [0.1, 0.15) is 46.0 Å². The van der Waals surface area contributed by atoms with Gasteiger partial charge >= 0.3 is 0 Å². The van der Waals surface area contributed by atoms with Crippen molar-refractivity contribution >= 4 is 100 Å². The summed E-state index contributed by atoms with van der Waals surface area (Å²) in [4.78, 5) is 37.6. The van der Waals surface area contributed by atoms with E-state index >= 15 is 0 Å². The van der Waals surface area contributed by atoms with E-state index in [1.54, 1.807) is 42.9 Å². The van der Waals surface area contributed by atoms with Crippen molar-refractivity contribution in [1.82, 2.24) is 53.6 Å². The molecule has 0 amide bonds. The number of aromatic nitrogens is 11. The van der Waals surface area contributed by atoms with Gasteiger partial charge in [-0.25, -0.2) is 28.7 Å². The lowest BCUT2D eigenvalue weighted by atomic mass is 10.1. The normalized spacial score (nSPS) is 11.7. The second-order valence-electron chi connectivity index (χ2n) is 16.1. The Bertz CT molecular complexity index is 3980. The van der Waals surface area contributed by atoms with Crippen LogP contribution in [0.4, 0.5) is 47.8 Å². The highest BCUT2D eigenvalue weighted by Gasteiger charge is 2.23. The molecule has 0 spiro atoms. The molecule has 18 heteroatoms. The van der Waals surface area contributed by atoms with Crippen LogP contribution in [0.15, 0.2) is 134 Å². The molecule has 1 aromatic carbocycles. The summed E-state index contributed by atoms with van der Waals surface area (Å²) in [6.07, 6.45) is 9.81. The number of pyridine rings is 8. The summed E-state index contributed by atoms with van der Waals surface area (Å²) in [6, 6.07) is 27.9. The summed E-state index contributed by atoms with van der Waals surface area (Å²) >= 11 is 0. The van der Waals surface area contributed by atoms with Gasteiger partial charge < -0.3 is 34.4 Å². The van der Waals surface area contributed by atoms with Crippen molar-refractivity contribution in [2.24, 2.45) is 7.05 Å². The standard InChI is InChI=1S/C50H35F3N14O/c1-65-38-15-18-56-35(46(38)31-8-12-43(62-48(31)65)58-28-6-10-40(68-2)34(52)21-28)26-67-39-16-19-57-36(47(39)32-9-13-44(63-50(32)67)59-29-20-27(51)22-55-23-29)25-66-37-14-17-54-24-33(37)30-7-11-45(64-49(30)66)61-42-5-3-4-41(53)60-42/h3-24H,25-26H2,1-2H3,(H,58,62)(H,59,63)(H,60,61,64). The number of nitrogens with one attached hydrogen (secondary N) is 3. The zero-order chi connectivity index (χ0) is 46.0. The molecule has 3 N–H and O–H groups in total. The average Bonchev–Trinajstić information content (AvgIpc) is 3.93. The number of methoxy groups -OCH3 is 1. The molecular formula is C50H35F3N14O. The SMILES string of the molecule is COc1ccc(Nc2ccc3c4c(Cn5c6ccnc(Cn7c8ccncc8c8ccc(Nc9cccc(F)n9)nc87)c6c6ccc(Nc7cncc(F)c7)nc65)nccc4n(C)c3n2)cc1F. The predicted octanol–water partition coefficient (Wildman–Crippen LogP) is 10.5. The molecule has 0 saturated heterocycles. The summed E-state index contributed by atoms with van der Waals surface area (Å²) in [5.74, 6) is 0.403. The Labute approximate surface area is 383 Å². The topological polar surface area (TPSA) is 163 Å². The van der Waals surface area contributed by atoms with Gasteiger partial charge in [-0.2, -0.15) is 4.39 Å². The van der Waals surface area contributed by atoms with Crippen molar-refractivity contribution in [3.05, 3.63) is 163 Å². The minimum absolute atomic E-state index is 0.151. The maximum absolute atomic E-state index is 14.6. The van der Waals surface area contributed by atoms with E-state index in [-0.39, 0.29) is 5.75 Å². The van der Waals surface area contributed by atoms with Crippen molar-refractivity contribution in [2.75, 3.05) is 23.1 Å². The van der Waals surface area contributed by atoms with Crippen LogP contribution in [0.1, 0.15) is 11.4 Å². The average molecular weight is 905 g/mol. The van der Waals surface area contributed by atoms with Gasteiger partial charge in [-0.1, -0.05) is 6.07 Å². The van der Waals surface area contributed by atoms with E-state index in [1.807, 2.05) is 72.4 Å². The molecule has 0 aliphatic heterocycles. The number of hydrogen-bond acceptors (Lipinski definition) is 12. The van der Waals surface area contributed by atoms with E-state index in [2.05, 4.69) is 40.0 Å². The van der Waals surface area contributed by atoms with E-state index in [0.717, 1.165) is 66.5 Å². The fourth-order valence-electron chi connectivity index (χ4n) is 9.06. The molecule has 0 fully saturated rings. The number of anilines is 6. The molecule has 0 unspecified atom stereocenters. The van der Waals surface area contributed by atoms with E-state index in [0.29, 0.717) is 64.7 Å². The number of halogens is 3. The number of fused-ring (bicyclic) bond motifs is 9. The van der Waals surface area contributed by atoms with Crippen molar-refractivity contribution in [1.29, 1.82) is 0 Å². The Morgan fingerprint density at radius 3 is 1.90 bits per heavy atom. The Morgan fingerprint density at radius 2 is 1.16 bits per heavy atom. The molecular weight excluding hydrogens is 870 g/mol. The molecule has 11 heterocycles. The molecule has 0 atom stereocenters. The molecule has 0 saturated carbocycles. The maximum atomic E-state index is 14.6. The lowest BCUT2D eigenvalue weighted by Gasteiger charge is -2.11. The van der Waals surface area contributed by atoms with Gasteiger partial charge in [0.05, 0.1) is 66.2 Å². The van der Waals surface area contributed by atoms with Gasteiger partial charge in [0, 0.05) is 82.0 Å². The first-order chi connectivity index (χ1) is 33.3. The van der Waals surface area contributed by atoms with Crippen molar-refractivity contribution < 1.29 is 17.9 Å². The molecule has 0 aliphatic rings. The highest BCUT2D eigenvalue weighted by atomic mass is 19.1.